The molecule has 3 aromatic heterocycles. The minimum atomic E-state index is -3.87. The number of nitrogens with zero attached hydrogens (tertiary/aromatic N) is 5. The van der Waals surface area contributed by atoms with Crippen LogP contribution in [0.15, 0.2) is 71.9 Å². The molecule has 1 atom stereocenters. The van der Waals surface area contributed by atoms with Gasteiger partial charge in [0.05, 0.1) is 28.5 Å². The normalized spacial score (nSPS) is 16.1. The van der Waals surface area contributed by atoms with Gasteiger partial charge in [0.15, 0.2) is 5.65 Å². The Morgan fingerprint density at radius 3 is 2.82 bits per heavy atom. The Bertz CT molecular complexity index is 1640. The van der Waals surface area contributed by atoms with Crippen LogP contribution in [0.4, 0.5) is 11.6 Å². The number of rotatable bonds is 4. The molecule has 2 aromatic carbocycles. The predicted octanol–water partition coefficient (Wildman–Crippen LogP) is 3.09. The first-order valence-electron chi connectivity index (χ1n) is 10.9. The van der Waals surface area contributed by atoms with Gasteiger partial charge in [0.25, 0.3) is 10.0 Å². The first-order chi connectivity index (χ1) is 16.5. The van der Waals surface area contributed by atoms with Gasteiger partial charge in [0, 0.05) is 18.1 Å². The number of sulfonamides is 1. The third kappa shape index (κ3) is 3.34. The van der Waals surface area contributed by atoms with Crippen LogP contribution in [0.25, 0.3) is 21.9 Å². The molecule has 1 aliphatic rings. The average molecular weight is 472 g/mol. The van der Waals surface area contributed by atoms with Crippen LogP contribution in [-0.4, -0.2) is 40.1 Å². The van der Waals surface area contributed by atoms with Crippen LogP contribution >= 0.6 is 0 Å². The van der Waals surface area contributed by atoms with Crippen molar-refractivity contribution in [1.82, 2.24) is 25.1 Å². The molecular weight excluding hydrogens is 450 g/mol. The summed E-state index contributed by atoms with van der Waals surface area (Å²) in [5.74, 6) is 0.147. The van der Waals surface area contributed by atoms with Gasteiger partial charge in [-0.15, -0.1) is 0 Å². The first-order valence-corrected chi connectivity index (χ1v) is 12.3. The van der Waals surface area contributed by atoms with Crippen molar-refractivity contribution < 1.29 is 8.42 Å². The number of nitrogens with two attached hydrogens (primary N) is 1. The molecule has 9 nitrogen and oxygen atoms in total. The number of nitrogen functional groups attached to an aromatic ring is 1. The van der Waals surface area contributed by atoms with Gasteiger partial charge in [-0.1, -0.05) is 36.4 Å². The lowest BCUT2D eigenvalue weighted by atomic mass is 9.90. The minimum absolute atomic E-state index is 0.0139. The number of nitrogens with one attached hydrogen (secondary N) is 1. The maximum absolute atomic E-state index is 14.0. The maximum atomic E-state index is 14.0. The van der Waals surface area contributed by atoms with Crippen molar-refractivity contribution >= 4 is 43.6 Å². The molecule has 1 aliphatic heterocycles. The fraction of sp³-hybridized carbons (Fsp3) is 0.167. The summed E-state index contributed by atoms with van der Waals surface area (Å²) in [6.07, 6.45) is 4.55. The molecule has 0 fully saturated rings. The standard InChI is InChI=1S/C24H21N7O2S/c25-24-28-19(18-13-27-30-23(18)29-24)12-15-11-17-5-1-2-8-20(17)31(14-15)34(32,33)21-9-3-6-16-7-4-10-26-22(16)21/h1-10,13,15H,11-12,14H2,(H3,25,27,28,29,30). The van der Waals surface area contributed by atoms with Crippen molar-refractivity contribution in [3.8, 4) is 0 Å². The summed E-state index contributed by atoms with van der Waals surface area (Å²) in [5.41, 5.74) is 9.37. The second kappa shape index (κ2) is 7.77. The fourth-order valence-electron chi connectivity index (χ4n) is 4.75. The Morgan fingerprint density at radius 1 is 1.06 bits per heavy atom. The summed E-state index contributed by atoms with van der Waals surface area (Å²) in [6.45, 7) is 0.311. The van der Waals surface area contributed by atoms with Crippen molar-refractivity contribution in [3.05, 3.63) is 78.2 Å². The summed E-state index contributed by atoms with van der Waals surface area (Å²) in [7, 11) is -3.87. The van der Waals surface area contributed by atoms with Crippen LogP contribution in [0.5, 0.6) is 0 Å². The minimum Gasteiger partial charge on any atom is -0.368 e. The molecule has 10 heteroatoms. The molecule has 0 saturated heterocycles. The van der Waals surface area contributed by atoms with E-state index in [0.717, 1.165) is 28.5 Å². The Kier molecular flexibility index (Phi) is 4.70. The molecule has 0 aliphatic carbocycles. The van der Waals surface area contributed by atoms with Crippen molar-refractivity contribution in [1.29, 1.82) is 0 Å². The van der Waals surface area contributed by atoms with Gasteiger partial charge >= 0.3 is 0 Å². The van der Waals surface area contributed by atoms with E-state index in [1.54, 1.807) is 30.6 Å². The molecule has 34 heavy (non-hydrogen) atoms. The SMILES string of the molecule is Nc1nc(CC2Cc3ccccc3N(S(=O)(=O)c3cccc4cccnc34)C2)c2cn[nH]c2n1. The zero-order valence-corrected chi connectivity index (χ0v) is 18.9. The Balaban J connectivity index is 1.43. The molecule has 0 radical (unpaired) electrons. The largest absolute Gasteiger partial charge is 0.368 e. The monoisotopic (exact) mass is 471 g/mol. The number of pyridine rings is 1. The number of hydrogen-bond donors (Lipinski definition) is 2. The van der Waals surface area contributed by atoms with Gasteiger partial charge in [-0.3, -0.25) is 14.4 Å². The van der Waals surface area contributed by atoms with E-state index < -0.39 is 10.0 Å². The van der Waals surface area contributed by atoms with E-state index in [2.05, 4.69) is 25.1 Å². The van der Waals surface area contributed by atoms with Gasteiger partial charge in [-0.25, -0.2) is 13.4 Å². The summed E-state index contributed by atoms with van der Waals surface area (Å²) >= 11 is 0. The Morgan fingerprint density at radius 2 is 1.91 bits per heavy atom. The molecule has 170 valence electrons. The lowest BCUT2D eigenvalue weighted by Gasteiger charge is -2.35. The van der Waals surface area contributed by atoms with E-state index >= 15 is 0 Å². The van der Waals surface area contributed by atoms with E-state index in [1.165, 1.54) is 4.31 Å². The summed E-state index contributed by atoms with van der Waals surface area (Å²) < 4.78 is 29.5. The van der Waals surface area contributed by atoms with Gasteiger partial charge in [0.1, 0.15) is 4.90 Å². The highest BCUT2D eigenvalue weighted by Gasteiger charge is 2.35. The number of hydrogen-bond acceptors (Lipinski definition) is 7. The number of anilines is 2. The molecule has 3 N–H and O–H groups in total. The van der Waals surface area contributed by atoms with Crippen LogP contribution in [-0.2, 0) is 22.9 Å². The van der Waals surface area contributed by atoms with Gasteiger partial charge in [-0.2, -0.15) is 10.1 Å². The summed E-state index contributed by atoms with van der Waals surface area (Å²) in [4.78, 5) is 13.2. The van der Waals surface area contributed by atoms with Crippen molar-refractivity contribution in [2.75, 3.05) is 16.6 Å². The third-order valence-corrected chi connectivity index (χ3v) is 8.06. The number of para-hydroxylation sites is 2. The van der Waals surface area contributed by atoms with Crippen molar-refractivity contribution in [2.24, 2.45) is 5.92 Å². The Hall–Kier alpha value is -4.05. The zero-order chi connectivity index (χ0) is 23.3. The van der Waals surface area contributed by atoms with Crippen LogP contribution in [0.2, 0.25) is 0 Å². The molecule has 6 rings (SSSR count). The number of H-pyrrole nitrogens is 1. The maximum Gasteiger partial charge on any atom is 0.266 e. The number of aromatic amines is 1. The van der Waals surface area contributed by atoms with E-state index in [1.807, 2.05) is 36.4 Å². The molecular formula is C24H21N7O2S. The molecule has 4 heterocycles. The molecule has 0 spiro atoms. The van der Waals surface area contributed by atoms with Gasteiger partial charge < -0.3 is 5.73 Å². The fourth-order valence-corrected chi connectivity index (χ4v) is 6.49. The first kappa shape index (κ1) is 20.5. The van der Waals surface area contributed by atoms with Gasteiger partial charge in [-0.05, 0) is 42.5 Å². The van der Waals surface area contributed by atoms with Crippen LogP contribution in [0, 0.1) is 5.92 Å². The highest BCUT2D eigenvalue weighted by molar-refractivity contribution is 7.93. The quantitative estimate of drug-likeness (QED) is 0.412. The molecule has 0 saturated carbocycles. The topological polar surface area (TPSA) is 131 Å². The zero-order valence-electron chi connectivity index (χ0n) is 18.1. The molecule has 1 unspecified atom stereocenters. The summed E-state index contributed by atoms with van der Waals surface area (Å²) in [6, 6.07) is 16.5. The van der Waals surface area contributed by atoms with Gasteiger partial charge in [0.2, 0.25) is 5.95 Å². The van der Waals surface area contributed by atoms with E-state index in [-0.39, 0.29) is 16.8 Å². The third-order valence-electron chi connectivity index (χ3n) is 6.24. The molecule has 5 aromatic rings. The van der Waals surface area contributed by atoms with Crippen LogP contribution < -0.4 is 10.0 Å². The van der Waals surface area contributed by atoms with Crippen molar-refractivity contribution in [2.45, 2.75) is 17.7 Å². The smallest absolute Gasteiger partial charge is 0.266 e. The highest BCUT2D eigenvalue weighted by atomic mass is 32.2. The van der Waals surface area contributed by atoms with Crippen LogP contribution in [0.3, 0.4) is 0 Å². The predicted molar refractivity (Wildman–Crippen MR) is 130 cm³/mol. The van der Waals surface area contributed by atoms with Crippen molar-refractivity contribution in [3.63, 3.8) is 0 Å². The number of fused-ring (bicyclic) bond motifs is 3. The van der Waals surface area contributed by atoms with E-state index in [9.17, 15) is 8.42 Å². The second-order valence-corrected chi connectivity index (χ2v) is 10.3. The van der Waals surface area contributed by atoms with Crippen LogP contribution in [0.1, 0.15) is 11.3 Å². The van der Waals surface area contributed by atoms with E-state index in [0.29, 0.717) is 29.8 Å². The van der Waals surface area contributed by atoms with E-state index in [4.69, 9.17) is 5.73 Å². The lowest BCUT2D eigenvalue weighted by Crippen LogP contribution is -2.40. The Labute approximate surface area is 195 Å². The highest BCUT2D eigenvalue weighted by Crippen LogP contribution is 2.36. The average Bonchev–Trinajstić information content (AvgIpc) is 3.32. The summed E-state index contributed by atoms with van der Waals surface area (Å²) in [5, 5.41) is 8.46. The number of benzene rings is 2. The molecule has 0 amide bonds. The second-order valence-electron chi connectivity index (χ2n) is 8.43. The molecule has 0 bridgehead atoms. The number of aromatic nitrogens is 5. The lowest BCUT2D eigenvalue weighted by molar-refractivity contribution is 0.502.